The van der Waals surface area contributed by atoms with Crippen molar-refractivity contribution in [2.45, 2.75) is 39.0 Å². The zero-order chi connectivity index (χ0) is 29.3. The number of carbonyl (C=O) groups excluding carboxylic acids is 1. The van der Waals surface area contributed by atoms with Crippen LogP contribution in [0.1, 0.15) is 49.6 Å². The molecule has 13 heteroatoms. The predicted molar refractivity (Wildman–Crippen MR) is 153 cm³/mol. The summed E-state index contributed by atoms with van der Waals surface area (Å²) in [6, 6.07) is 4.24. The molecule has 0 radical (unpaired) electrons. The standard InChI is InChI=1S/C29H34N10O3/c1-18-9-21(10-18)34-26(40)25-35-27(37-28(36-25)42-16-29(15-30)5-6-29)39-7-3-19(4-8-39)14-41-23-11-20(12-32-24(23)31)22-13-38(2)17-33-22/h9,11-13,17-19H,3-8,10,14,16H2,1-2H3,(H2,31,32)(H,34,40). The highest BCUT2D eigenvalue weighted by molar-refractivity contribution is 5.92. The predicted octanol–water partition coefficient (Wildman–Crippen LogP) is 2.88. The highest BCUT2D eigenvalue weighted by Crippen LogP contribution is 2.45. The average Bonchev–Trinajstić information content (AvgIpc) is 3.65. The van der Waals surface area contributed by atoms with Crippen molar-refractivity contribution >= 4 is 17.7 Å². The summed E-state index contributed by atoms with van der Waals surface area (Å²) < 4.78 is 13.8. The van der Waals surface area contributed by atoms with Crippen molar-refractivity contribution in [3.63, 3.8) is 0 Å². The minimum atomic E-state index is -0.490. The van der Waals surface area contributed by atoms with Crippen molar-refractivity contribution in [1.82, 2.24) is 34.8 Å². The Morgan fingerprint density at radius 3 is 2.67 bits per heavy atom. The number of nitrogens with two attached hydrogens (primary N) is 1. The number of piperidine rings is 1. The lowest BCUT2D eigenvalue weighted by atomic mass is 9.93. The Hall–Kier alpha value is -4.73. The van der Waals surface area contributed by atoms with Crippen LogP contribution in [0.4, 0.5) is 11.8 Å². The zero-order valence-electron chi connectivity index (χ0n) is 23.8. The Labute approximate surface area is 243 Å². The second-order valence-electron chi connectivity index (χ2n) is 11.5. The van der Waals surface area contributed by atoms with Crippen molar-refractivity contribution in [2.24, 2.45) is 24.3 Å². The molecule has 1 saturated heterocycles. The number of aromatic nitrogens is 6. The molecule has 13 nitrogen and oxygen atoms in total. The van der Waals surface area contributed by atoms with Crippen molar-refractivity contribution in [2.75, 3.05) is 36.9 Å². The third kappa shape index (κ3) is 6.12. The van der Waals surface area contributed by atoms with Crippen LogP contribution in [0.2, 0.25) is 0 Å². The van der Waals surface area contributed by atoms with Gasteiger partial charge >= 0.3 is 6.01 Å². The van der Waals surface area contributed by atoms with E-state index in [1.54, 1.807) is 12.5 Å². The number of pyridine rings is 1. The lowest BCUT2D eigenvalue weighted by Gasteiger charge is -2.32. The molecule has 1 unspecified atom stereocenters. The molecule has 1 aliphatic heterocycles. The van der Waals surface area contributed by atoms with E-state index >= 15 is 0 Å². The maximum absolute atomic E-state index is 13.0. The topological polar surface area (TPSA) is 170 Å². The van der Waals surface area contributed by atoms with Gasteiger partial charge in [0.1, 0.15) is 6.61 Å². The van der Waals surface area contributed by atoms with Crippen LogP contribution >= 0.6 is 0 Å². The molecule has 3 aliphatic rings. The Kier molecular flexibility index (Phi) is 7.36. The number of nitriles is 1. The van der Waals surface area contributed by atoms with Gasteiger partial charge in [-0.15, -0.1) is 0 Å². The number of amides is 1. The van der Waals surface area contributed by atoms with Crippen molar-refractivity contribution < 1.29 is 14.3 Å². The highest BCUT2D eigenvalue weighted by Gasteiger charge is 2.44. The van der Waals surface area contributed by atoms with Crippen LogP contribution in [0.3, 0.4) is 0 Å². The summed E-state index contributed by atoms with van der Waals surface area (Å²) in [4.78, 5) is 36.9. The van der Waals surface area contributed by atoms with Gasteiger partial charge in [0.2, 0.25) is 11.8 Å². The van der Waals surface area contributed by atoms with Crippen molar-refractivity contribution in [3.05, 3.63) is 42.4 Å². The summed E-state index contributed by atoms with van der Waals surface area (Å²) in [5, 5.41) is 12.3. The Morgan fingerprint density at radius 2 is 2.00 bits per heavy atom. The maximum atomic E-state index is 13.0. The molecule has 2 fully saturated rings. The molecule has 0 aromatic carbocycles. The first-order valence-electron chi connectivity index (χ1n) is 14.2. The summed E-state index contributed by atoms with van der Waals surface area (Å²) in [6.45, 7) is 4.12. The molecular formula is C29H34N10O3. The van der Waals surface area contributed by atoms with E-state index in [0.29, 0.717) is 43.1 Å². The van der Waals surface area contributed by atoms with Crippen LogP contribution in [-0.2, 0) is 7.05 Å². The van der Waals surface area contributed by atoms with Gasteiger partial charge in [-0.05, 0) is 50.0 Å². The maximum Gasteiger partial charge on any atom is 0.322 e. The Bertz CT molecular complexity index is 1550. The molecule has 3 N–H and O–H groups in total. The quantitative estimate of drug-likeness (QED) is 0.367. The van der Waals surface area contributed by atoms with Crippen LogP contribution in [0.15, 0.2) is 36.6 Å². The summed E-state index contributed by atoms with van der Waals surface area (Å²) in [6.07, 6.45) is 11.4. The van der Waals surface area contributed by atoms with E-state index in [0.717, 1.165) is 49.1 Å². The fourth-order valence-electron chi connectivity index (χ4n) is 5.03. The van der Waals surface area contributed by atoms with E-state index < -0.39 is 11.3 Å². The molecule has 4 heterocycles. The molecular weight excluding hydrogens is 536 g/mol. The minimum Gasteiger partial charge on any atom is -0.489 e. The van der Waals surface area contributed by atoms with Gasteiger partial charge < -0.3 is 30.0 Å². The van der Waals surface area contributed by atoms with Crippen molar-refractivity contribution in [1.29, 1.82) is 5.26 Å². The number of rotatable bonds is 10. The summed E-state index contributed by atoms with van der Waals surface area (Å²) in [5.74, 6) is 1.60. The molecule has 1 atom stereocenters. The third-order valence-corrected chi connectivity index (χ3v) is 7.93. The smallest absolute Gasteiger partial charge is 0.322 e. The van der Waals surface area contributed by atoms with Gasteiger partial charge in [0.25, 0.3) is 5.91 Å². The lowest BCUT2D eigenvalue weighted by molar-refractivity contribution is 0.0949. The summed E-state index contributed by atoms with van der Waals surface area (Å²) >= 11 is 0. The molecule has 3 aromatic heterocycles. The van der Waals surface area contributed by atoms with Gasteiger partial charge in [0.05, 0.1) is 30.1 Å². The second-order valence-corrected chi connectivity index (χ2v) is 11.5. The van der Waals surface area contributed by atoms with E-state index in [2.05, 4.69) is 43.2 Å². The van der Waals surface area contributed by atoms with Crippen LogP contribution in [0, 0.1) is 28.6 Å². The SMILES string of the molecule is CC1C=C(NC(=O)c2nc(OCC3(C#N)CC3)nc(N3CCC(COc4cc(-c5cn(C)cn5)cnc4N)CC3)n2)C1. The molecule has 42 heavy (non-hydrogen) atoms. The molecule has 3 aromatic rings. The minimum absolute atomic E-state index is 0.00141. The molecule has 218 valence electrons. The highest BCUT2D eigenvalue weighted by atomic mass is 16.5. The number of hydrogen-bond acceptors (Lipinski definition) is 11. The van der Waals surface area contributed by atoms with Crippen LogP contribution in [0.5, 0.6) is 11.8 Å². The first-order valence-corrected chi connectivity index (χ1v) is 14.2. The van der Waals surface area contributed by atoms with Crippen LogP contribution < -0.4 is 25.4 Å². The third-order valence-electron chi connectivity index (χ3n) is 7.93. The average molecular weight is 571 g/mol. The number of nitrogens with one attached hydrogen (secondary N) is 1. The first-order chi connectivity index (χ1) is 20.3. The first kappa shape index (κ1) is 27.4. The number of imidazole rings is 1. The van der Waals surface area contributed by atoms with E-state index in [-0.39, 0.29) is 24.4 Å². The second kappa shape index (κ2) is 11.3. The van der Waals surface area contributed by atoms with Crippen LogP contribution in [0.25, 0.3) is 11.3 Å². The molecule has 1 amide bonds. The normalized spacial score (nSPS) is 19.3. The molecule has 0 bridgehead atoms. The van der Waals surface area contributed by atoms with E-state index in [9.17, 15) is 10.1 Å². The summed E-state index contributed by atoms with van der Waals surface area (Å²) in [5.41, 5.74) is 8.11. The lowest BCUT2D eigenvalue weighted by Crippen LogP contribution is -2.37. The van der Waals surface area contributed by atoms with Gasteiger partial charge in [0.15, 0.2) is 11.6 Å². The fraction of sp³-hybridized carbons (Fsp3) is 0.483. The number of anilines is 2. The van der Waals surface area contributed by atoms with E-state index in [1.165, 1.54) is 0 Å². The van der Waals surface area contributed by atoms with E-state index in [4.69, 9.17) is 15.2 Å². The van der Waals surface area contributed by atoms with Gasteiger partial charge in [-0.25, -0.2) is 9.97 Å². The number of carbonyl (C=O) groups is 1. The van der Waals surface area contributed by atoms with Gasteiger partial charge in [0, 0.05) is 43.8 Å². The van der Waals surface area contributed by atoms with Gasteiger partial charge in [-0.1, -0.05) is 13.0 Å². The molecule has 2 aliphatic carbocycles. The number of hydrogen-bond donors (Lipinski definition) is 2. The zero-order valence-corrected chi connectivity index (χ0v) is 23.8. The largest absolute Gasteiger partial charge is 0.489 e. The molecule has 6 rings (SSSR count). The van der Waals surface area contributed by atoms with Gasteiger partial charge in [-0.2, -0.15) is 20.2 Å². The fourth-order valence-corrected chi connectivity index (χ4v) is 5.03. The number of ether oxygens (including phenoxy) is 2. The monoisotopic (exact) mass is 570 g/mol. The van der Waals surface area contributed by atoms with Crippen LogP contribution in [-0.4, -0.2) is 61.7 Å². The Balaban J connectivity index is 1.10. The summed E-state index contributed by atoms with van der Waals surface area (Å²) in [7, 11) is 1.91. The van der Waals surface area contributed by atoms with Crippen molar-refractivity contribution in [3.8, 4) is 29.1 Å². The Morgan fingerprint density at radius 1 is 1.21 bits per heavy atom. The van der Waals surface area contributed by atoms with Gasteiger partial charge in [-0.3, -0.25) is 4.79 Å². The number of nitrogen functional groups attached to an aromatic ring is 1. The van der Waals surface area contributed by atoms with E-state index in [1.807, 2.05) is 34.9 Å². The number of allylic oxidation sites excluding steroid dienone is 2. The number of nitrogens with zero attached hydrogens (tertiary/aromatic N) is 8. The molecule has 1 saturated carbocycles. The molecule has 0 spiro atoms. The number of aryl methyl sites for hydroxylation is 1.